The summed E-state index contributed by atoms with van der Waals surface area (Å²) in [6, 6.07) is 11.3. The van der Waals surface area contributed by atoms with Crippen molar-refractivity contribution in [3.05, 3.63) is 71.8 Å². The fraction of sp³-hybridized carbons (Fsp3) is 0.333. The number of carbonyl (C=O) groups is 2. The van der Waals surface area contributed by atoms with E-state index in [0.717, 1.165) is 23.3 Å². The van der Waals surface area contributed by atoms with Crippen LogP contribution in [0.4, 0.5) is 18.0 Å². The second-order valence-electron chi connectivity index (χ2n) is 8.50. The molecule has 5 nitrogen and oxygen atoms in total. The van der Waals surface area contributed by atoms with Crippen molar-refractivity contribution in [2.24, 2.45) is 0 Å². The zero-order valence-electron chi connectivity index (χ0n) is 18.1. The highest BCUT2D eigenvalue weighted by Gasteiger charge is 2.33. The molecule has 1 unspecified atom stereocenters. The van der Waals surface area contributed by atoms with Crippen molar-refractivity contribution in [1.29, 1.82) is 0 Å². The number of hydrogen-bond acceptors (Lipinski definition) is 3. The predicted octanol–water partition coefficient (Wildman–Crippen LogP) is 5.16. The number of nitrogens with zero attached hydrogens (tertiary/aromatic N) is 1. The Kier molecular flexibility index (Phi) is 6.62. The van der Waals surface area contributed by atoms with Gasteiger partial charge in [-0.3, -0.25) is 9.69 Å². The quantitative estimate of drug-likeness (QED) is 0.660. The Morgan fingerprint density at radius 1 is 1.06 bits per heavy atom. The van der Waals surface area contributed by atoms with Crippen molar-refractivity contribution >= 4 is 12.0 Å². The third kappa shape index (κ3) is 5.90. The normalized spacial score (nSPS) is 16.2. The maximum atomic E-state index is 12.8. The summed E-state index contributed by atoms with van der Waals surface area (Å²) >= 11 is 0. The predicted molar refractivity (Wildman–Crippen MR) is 115 cm³/mol. The average Bonchev–Trinajstić information content (AvgIpc) is 3.21. The van der Waals surface area contributed by atoms with Crippen LogP contribution >= 0.6 is 0 Å². The van der Waals surface area contributed by atoms with Crippen LogP contribution in [0.15, 0.2) is 60.7 Å². The second-order valence-corrected chi connectivity index (χ2v) is 8.50. The number of halogens is 3. The fourth-order valence-electron chi connectivity index (χ4n) is 3.26. The second kappa shape index (κ2) is 9.06. The first-order valence-electron chi connectivity index (χ1n) is 10.1. The highest BCUT2D eigenvalue weighted by atomic mass is 19.4. The number of nitrogens with one attached hydrogen (secondary N) is 1. The van der Waals surface area contributed by atoms with E-state index in [1.54, 1.807) is 51.1 Å². The number of rotatable bonds is 4. The summed E-state index contributed by atoms with van der Waals surface area (Å²) in [6.45, 7) is 5.77. The Morgan fingerprint density at radius 3 is 2.38 bits per heavy atom. The van der Waals surface area contributed by atoms with E-state index in [1.807, 2.05) is 6.07 Å². The molecule has 170 valence electrons. The molecule has 0 aliphatic carbocycles. The summed E-state index contributed by atoms with van der Waals surface area (Å²) < 4.78 is 43.7. The van der Waals surface area contributed by atoms with E-state index in [9.17, 15) is 22.8 Å². The van der Waals surface area contributed by atoms with Crippen LogP contribution in [0.5, 0.6) is 0 Å². The van der Waals surface area contributed by atoms with Gasteiger partial charge in [-0.2, -0.15) is 13.2 Å². The zero-order chi connectivity index (χ0) is 23.5. The van der Waals surface area contributed by atoms with Crippen LogP contribution in [0.2, 0.25) is 0 Å². The van der Waals surface area contributed by atoms with E-state index >= 15 is 0 Å². The van der Waals surface area contributed by atoms with Crippen LogP contribution in [0.3, 0.4) is 0 Å². The number of amides is 2. The van der Waals surface area contributed by atoms with Gasteiger partial charge in [0.15, 0.2) is 0 Å². The molecule has 1 N–H and O–H groups in total. The highest BCUT2D eigenvalue weighted by Crippen LogP contribution is 2.31. The first-order chi connectivity index (χ1) is 14.9. The maximum absolute atomic E-state index is 12.8. The summed E-state index contributed by atoms with van der Waals surface area (Å²) in [4.78, 5) is 26.4. The van der Waals surface area contributed by atoms with Gasteiger partial charge < -0.3 is 10.1 Å². The Hall–Kier alpha value is -3.29. The van der Waals surface area contributed by atoms with Crippen LogP contribution in [-0.2, 0) is 22.3 Å². The smallest absolute Gasteiger partial charge is 0.416 e. The van der Waals surface area contributed by atoms with Crippen molar-refractivity contribution < 1.29 is 27.5 Å². The fourth-order valence-corrected chi connectivity index (χ4v) is 3.26. The Labute approximate surface area is 184 Å². The minimum absolute atomic E-state index is 0.208. The summed E-state index contributed by atoms with van der Waals surface area (Å²) in [5.74, 6) is -0.343. The molecule has 2 aromatic rings. The van der Waals surface area contributed by atoms with Crippen LogP contribution in [0, 0.1) is 0 Å². The van der Waals surface area contributed by atoms with Gasteiger partial charge in [0.1, 0.15) is 11.6 Å². The van der Waals surface area contributed by atoms with Gasteiger partial charge in [-0.25, -0.2) is 4.79 Å². The van der Waals surface area contributed by atoms with E-state index < -0.39 is 29.5 Å². The molecule has 1 heterocycles. The molecule has 0 fully saturated rings. The van der Waals surface area contributed by atoms with E-state index in [2.05, 4.69) is 5.32 Å². The number of ether oxygens (including phenoxy) is 1. The first kappa shape index (κ1) is 23.4. The molecule has 0 saturated carbocycles. The van der Waals surface area contributed by atoms with Crippen LogP contribution in [0.1, 0.15) is 31.9 Å². The molecule has 0 radical (unpaired) electrons. The summed E-state index contributed by atoms with van der Waals surface area (Å²) in [6.07, 6.45) is -1.56. The molecule has 1 aliphatic heterocycles. The summed E-state index contributed by atoms with van der Waals surface area (Å²) in [7, 11) is 0. The standard InChI is InChI=1S/C24H25F3N2O3/c1-23(2,3)32-22(31)29-13-5-8-20(29)21(30)28-15-16-6-4-7-18(14-16)17-9-11-19(12-10-17)24(25,26)27/h4-12,14,20H,13,15H2,1-3H3,(H,28,30). The molecule has 1 atom stereocenters. The topological polar surface area (TPSA) is 58.6 Å². The van der Waals surface area contributed by atoms with Crippen LogP contribution in [0.25, 0.3) is 11.1 Å². The van der Waals surface area contributed by atoms with Gasteiger partial charge in [-0.1, -0.05) is 42.5 Å². The van der Waals surface area contributed by atoms with E-state index in [0.29, 0.717) is 5.56 Å². The maximum Gasteiger partial charge on any atom is 0.416 e. The molecule has 0 saturated heterocycles. The summed E-state index contributed by atoms with van der Waals surface area (Å²) in [5.41, 5.74) is 0.785. The lowest BCUT2D eigenvalue weighted by atomic mass is 10.0. The molecule has 3 rings (SSSR count). The third-order valence-electron chi connectivity index (χ3n) is 4.79. The average molecular weight is 446 g/mol. The molecule has 0 bridgehead atoms. The molecule has 2 aromatic carbocycles. The van der Waals surface area contributed by atoms with Gasteiger partial charge in [-0.15, -0.1) is 0 Å². The van der Waals surface area contributed by atoms with E-state index in [1.165, 1.54) is 17.0 Å². The number of hydrogen-bond donors (Lipinski definition) is 1. The molecular weight excluding hydrogens is 421 g/mol. The van der Waals surface area contributed by atoms with Gasteiger partial charge in [0, 0.05) is 13.1 Å². The van der Waals surface area contributed by atoms with E-state index in [4.69, 9.17) is 4.74 Å². The van der Waals surface area contributed by atoms with Gasteiger partial charge in [0.2, 0.25) is 5.91 Å². The Balaban J connectivity index is 1.64. The van der Waals surface area contributed by atoms with Gasteiger partial charge >= 0.3 is 12.3 Å². The molecule has 2 amide bonds. The molecule has 8 heteroatoms. The minimum Gasteiger partial charge on any atom is -0.444 e. The lowest BCUT2D eigenvalue weighted by Crippen LogP contribution is -2.47. The van der Waals surface area contributed by atoms with Gasteiger partial charge in [0.25, 0.3) is 0 Å². The molecule has 1 aliphatic rings. The van der Waals surface area contributed by atoms with Crippen molar-refractivity contribution in [3.63, 3.8) is 0 Å². The van der Waals surface area contributed by atoms with Gasteiger partial charge in [0.05, 0.1) is 5.56 Å². The number of benzene rings is 2. The highest BCUT2D eigenvalue weighted by molar-refractivity contribution is 5.88. The van der Waals surface area contributed by atoms with Crippen molar-refractivity contribution in [1.82, 2.24) is 10.2 Å². The van der Waals surface area contributed by atoms with E-state index in [-0.39, 0.29) is 19.0 Å². The third-order valence-corrected chi connectivity index (χ3v) is 4.79. The van der Waals surface area contributed by atoms with Crippen LogP contribution in [-0.4, -0.2) is 35.1 Å². The van der Waals surface area contributed by atoms with Crippen molar-refractivity contribution in [3.8, 4) is 11.1 Å². The molecule has 0 aromatic heterocycles. The minimum atomic E-state index is -4.38. The number of carbonyl (C=O) groups excluding carboxylic acids is 2. The first-order valence-corrected chi connectivity index (χ1v) is 10.1. The van der Waals surface area contributed by atoms with Gasteiger partial charge in [-0.05, 0) is 55.7 Å². The molecule has 32 heavy (non-hydrogen) atoms. The van der Waals surface area contributed by atoms with Crippen molar-refractivity contribution in [2.45, 2.75) is 45.1 Å². The monoisotopic (exact) mass is 446 g/mol. The lowest BCUT2D eigenvalue weighted by molar-refractivity contribution is -0.137. The number of alkyl halides is 3. The zero-order valence-corrected chi connectivity index (χ0v) is 18.1. The molecular formula is C24H25F3N2O3. The van der Waals surface area contributed by atoms with Crippen LogP contribution < -0.4 is 5.32 Å². The Morgan fingerprint density at radius 2 is 1.75 bits per heavy atom. The van der Waals surface area contributed by atoms with Crippen molar-refractivity contribution in [2.75, 3.05) is 6.54 Å². The summed E-state index contributed by atoms with van der Waals surface area (Å²) in [5, 5.41) is 2.81. The lowest BCUT2D eigenvalue weighted by Gasteiger charge is -2.28. The molecule has 0 spiro atoms. The SMILES string of the molecule is CC(C)(C)OC(=O)N1CC=CC1C(=O)NCc1cccc(-c2ccc(C(F)(F)F)cc2)c1. The largest absolute Gasteiger partial charge is 0.444 e. The Bertz CT molecular complexity index is 1010.